The van der Waals surface area contributed by atoms with Crippen LogP contribution in [-0.4, -0.2) is 60.0 Å². The number of carbonyl (C=O) groups excluding carboxylic acids is 2. The quantitative estimate of drug-likeness (QED) is 0.456. The Morgan fingerprint density at radius 2 is 1.20 bits per heavy atom. The van der Waals surface area contributed by atoms with Crippen molar-refractivity contribution in [2.24, 2.45) is 0 Å². The molecule has 148 valence electrons. The summed E-state index contributed by atoms with van der Waals surface area (Å²) in [5.41, 5.74) is 0. The van der Waals surface area contributed by atoms with Crippen molar-refractivity contribution in [1.29, 1.82) is 0 Å². The van der Waals surface area contributed by atoms with E-state index < -0.39 is 6.10 Å². The third kappa shape index (κ3) is 12.0. The van der Waals surface area contributed by atoms with Gasteiger partial charge < -0.3 is 14.9 Å². The second kappa shape index (κ2) is 15.2. The first-order valence-corrected chi connectivity index (χ1v) is 10.1. The van der Waals surface area contributed by atoms with Crippen molar-refractivity contribution in [3.8, 4) is 0 Å². The molecule has 5 heteroatoms. The second-order valence-corrected chi connectivity index (χ2v) is 7.12. The summed E-state index contributed by atoms with van der Waals surface area (Å²) in [5.74, 6) is -0.507. The molecule has 0 aromatic heterocycles. The number of rotatable bonds is 15. The highest BCUT2D eigenvalue weighted by molar-refractivity contribution is 5.87. The number of hydrogen-bond donors (Lipinski definition) is 1. The van der Waals surface area contributed by atoms with Gasteiger partial charge in [0.25, 0.3) is 5.91 Å². The van der Waals surface area contributed by atoms with E-state index in [4.69, 9.17) is 0 Å². The maximum atomic E-state index is 12.2. The van der Waals surface area contributed by atoms with Gasteiger partial charge in [-0.05, 0) is 12.8 Å². The number of aliphatic hydroxyl groups excluding tert-OH is 1. The lowest BCUT2D eigenvalue weighted by atomic mass is 10.1. The van der Waals surface area contributed by atoms with Crippen molar-refractivity contribution in [3.63, 3.8) is 0 Å². The SMILES string of the molecule is CCCCCCCN(C)C(=O)CC(O)C(=O)N(C)CCCCCCC. The molecule has 0 aliphatic carbocycles. The molecule has 25 heavy (non-hydrogen) atoms. The molecule has 1 N–H and O–H groups in total. The van der Waals surface area contributed by atoms with Crippen molar-refractivity contribution >= 4 is 11.8 Å². The van der Waals surface area contributed by atoms with Crippen molar-refractivity contribution in [2.75, 3.05) is 27.2 Å². The zero-order chi connectivity index (χ0) is 19.1. The summed E-state index contributed by atoms with van der Waals surface area (Å²) in [6, 6.07) is 0. The zero-order valence-corrected chi connectivity index (χ0v) is 16.9. The fourth-order valence-electron chi connectivity index (χ4n) is 2.80. The molecule has 0 aliphatic rings. The molecule has 5 nitrogen and oxygen atoms in total. The predicted octanol–water partition coefficient (Wildman–Crippen LogP) is 3.60. The molecule has 1 atom stereocenters. The van der Waals surface area contributed by atoms with Crippen LogP contribution in [0.3, 0.4) is 0 Å². The van der Waals surface area contributed by atoms with Crippen LogP contribution < -0.4 is 0 Å². The molecule has 0 aliphatic heterocycles. The summed E-state index contributed by atoms with van der Waals surface area (Å²) < 4.78 is 0. The Bertz CT molecular complexity index is 361. The maximum absolute atomic E-state index is 12.2. The van der Waals surface area contributed by atoms with E-state index >= 15 is 0 Å². The summed E-state index contributed by atoms with van der Waals surface area (Å²) in [6.45, 7) is 5.68. The average molecular weight is 357 g/mol. The molecule has 0 spiro atoms. The van der Waals surface area contributed by atoms with Crippen LogP contribution in [0.5, 0.6) is 0 Å². The van der Waals surface area contributed by atoms with Crippen LogP contribution in [0.25, 0.3) is 0 Å². The number of unbranched alkanes of at least 4 members (excludes halogenated alkanes) is 8. The molecule has 0 aromatic carbocycles. The largest absolute Gasteiger partial charge is 0.383 e. The van der Waals surface area contributed by atoms with Crippen LogP contribution in [0.15, 0.2) is 0 Å². The Hall–Kier alpha value is -1.10. The van der Waals surface area contributed by atoms with Gasteiger partial charge in [-0.1, -0.05) is 65.2 Å². The molecule has 1 unspecified atom stereocenters. The summed E-state index contributed by atoms with van der Waals surface area (Å²) in [7, 11) is 3.45. The first kappa shape index (κ1) is 23.9. The minimum Gasteiger partial charge on any atom is -0.383 e. The van der Waals surface area contributed by atoms with E-state index in [0.717, 1.165) is 25.7 Å². The number of likely N-dealkylation sites (N-methyl/N-ethyl adjacent to an activating group) is 1. The number of nitrogens with zero attached hydrogens (tertiary/aromatic N) is 2. The lowest BCUT2D eigenvalue weighted by Crippen LogP contribution is -2.40. The molecule has 0 fully saturated rings. The van der Waals surface area contributed by atoms with Crippen LogP contribution in [0.1, 0.15) is 84.5 Å². The van der Waals surface area contributed by atoms with Crippen molar-refractivity contribution < 1.29 is 14.7 Å². The summed E-state index contributed by atoms with van der Waals surface area (Å²) >= 11 is 0. The van der Waals surface area contributed by atoms with Crippen LogP contribution in [0.2, 0.25) is 0 Å². The van der Waals surface area contributed by atoms with Gasteiger partial charge in [0.15, 0.2) is 0 Å². The number of hydrogen-bond acceptors (Lipinski definition) is 3. The van der Waals surface area contributed by atoms with Gasteiger partial charge in [0.1, 0.15) is 6.10 Å². The zero-order valence-electron chi connectivity index (χ0n) is 16.9. The van der Waals surface area contributed by atoms with E-state index in [1.807, 2.05) is 0 Å². The summed E-state index contributed by atoms with van der Waals surface area (Å²) in [5, 5.41) is 10.1. The van der Waals surface area contributed by atoms with E-state index in [1.165, 1.54) is 38.5 Å². The summed E-state index contributed by atoms with van der Waals surface area (Å²) in [4.78, 5) is 27.5. The molecular formula is C20H40N2O3. The van der Waals surface area contributed by atoms with Gasteiger partial charge in [-0.15, -0.1) is 0 Å². The highest BCUT2D eigenvalue weighted by Crippen LogP contribution is 2.07. The monoisotopic (exact) mass is 356 g/mol. The number of amides is 2. The van der Waals surface area contributed by atoms with E-state index in [0.29, 0.717) is 13.1 Å². The molecular weight excluding hydrogens is 316 g/mol. The molecule has 0 radical (unpaired) electrons. The smallest absolute Gasteiger partial charge is 0.251 e. The molecule has 0 rings (SSSR count). The van der Waals surface area contributed by atoms with Crippen LogP contribution in [0, 0.1) is 0 Å². The van der Waals surface area contributed by atoms with E-state index in [9.17, 15) is 14.7 Å². The van der Waals surface area contributed by atoms with Crippen LogP contribution in [0.4, 0.5) is 0 Å². The molecule has 0 heterocycles. The molecule has 0 saturated heterocycles. The lowest BCUT2D eigenvalue weighted by Gasteiger charge is -2.22. The summed E-state index contributed by atoms with van der Waals surface area (Å²) in [6.07, 6.45) is 10.0. The topological polar surface area (TPSA) is 60.9 Å². The minimum atomic E-state index is -1.23. The third-order valence-corrected chi connectivity index (χ3v) is 4.65. The molecule has 2 amide bonds. The second-order valence-electron chi connectivity index (χ2n) is 7.12. The Balaban J connectivity index is 4.00. The third-order valence-electron chi connectivity index (χ3n) is 4.65. The van der Waals surface area contributed by atoms with Crippen molar-refractivity contribution in [1.82, 2.24) is 9.80 Å². The predicted molar refractivity (Wildman–Crippen MR) is 103 cm³/mol. The highest BCUT2D eigenvalue weighted by atomic mass is 16.3. The van der Waals surface area contributed by atoms with Gasteiger partial charge >= 0.3 is 0 Å². The number of carbonyl (C=O) groups is 2. The van der Waals surface area contributed by atoms with E-state index in [-0.39, 0.29) is 18.2 Å². The van der Waals surface area contributed by atoms with Crippen molar-refractivity contribution in [2.45, 2.75) is 90.6 Å². The van der Waals surface area contributed by atoms with Crippen molar-refractivity contribution in [3.05, 3.63) is 0 Å². The lowest BCUT2D eigenvalue weighted by molar-refractivity contribution is -0.144. The average Bonchev–Trinajstić information content (AvgIpc) is 2.60. The van der Waals surface area contributed by atoms with Gasteiger partial charge in [0, 0.05) is 27.2 Å². The Labute approximate surface area is 154 Å². The van der Waals surface area contributed by atoms with Gasteiger partial charge in [0.05, 0.1) is 6.42 Å². The fourth-order valence-corrected chi connectivity index (χ4v) is 2.80. The Morgan fingerprint density at radius 3 is 1.68 bits per heavy atom. The number of aliphatic hydroxyl groups is 1. The first-order valence-electron chi connectivity index (χ1n) is 10.1. The molecule has 0 saturated carbocycles. The normalized spacial score (nSPS) is 12.0. The van der Waals surface area contributed by atoms with Crippen LogP contribution in [-0.2, 0) is 9.59 Å². The van der Waals surface area contributed by atoms with Crippen LogP contribution >= 0.6 is 0 Å². The Morgan fingerprint density at radius 1 is 0.760 bits per heavy atom. The standard InChI is InChI=1S/C20H40N2O3/c1-5-7-9-11-13-15-21(3)19(24)17-18(23)20(25)22(4)16-14-12-10-8-6-2/h18,23H,5-17H2,1-4H3. The molecule has 0 aromatic rings. The van der Waals surface area contributed by atoms with Gasteiger partial charge in [-0.3, -0.25) is 9.59 Å². The fraction of sp³-hybridized carbons (Fsp3) is 0.900. The Kier molecular flexibility index (Phi) is 14.5. The van der Waals surface area contributed by atoms with E-state index in [2.05, 4.69) is 13.8 Å². The van der Waals surface area contributed by atoms with E-state index in [1.54, 1.807) is 23.9 Å². The highest BCUT2D eigenvalue weighted by Gasteiger charge is 2.23. The minimum absolute atomic E-state index is 0.121. The van der Waals surface area contributed by atoms with Gasteiger partial charge in [-0.2, -0.15) is 0 Å². The first-order chi connectivity index (χ1) is 11.9. The molecule has 0 bridgehead atoms. The van der Waals surface area contributed by atoms with Gasteiger partial charge in [0.2, 0.25) is 5.91 Å². The van der Waals surface area contributed by atoms with Gasteiger partial charge in [-0.25, -0.2) is 0 Å². The maximum Gasteiger partial charge on any atom is 0.251 e.